The quantitative estimate of drug-likeness (QED) is 0.502. The second kappa shape index (κ2) is 9.25. The second-order valence-electron chi connectivity index (χ2n) is 6.59. The molecule has 2 aromatic carbocycles. The van der Waals surface area contributed by atoms with Gasteiger partial charge in [-0.25, -0.2) is 4.68 Å². The molecule has 3 aromatic rings. The minimum absolute atomic E-state index is 0.0843. The molecule has 0 aliphatic carbocycles. The molecule has 0 bridgehead atoms. The van der Waals surface area contributed by atoms with E-state index in [4.69, 9.17) is 0 Å². The van der Waals surface area contributed by atoms with Gasteiger partial charge in [0.1, 0.15) is 0 Å². The van der Waals surface area contributed by atoms with Crippen molar-refractivity contribution in [1.82, 2.24) is 9.78 Å². The van der Waals surface area contributed by atoms with Crippen molar-refractivity contribution in [2.75, 3.05) is 22.9 Å². The fourth-order valence-corrected chi connectivity index (χ4v) is 3.69. The molecule has 0 saturated carbocycles. The van der Waals surface area contributed by atoms with Gasteiger partial charge >= 0.3 is 6.18 Å². The molecule has 30 heavy (non-hydrogen) atoms. The number of para-hydroxylation sites is 2. The molecule has 5 nitrogen and oxygen atoms in total. The number of hydrogen-bond donors (Lipinski definition) is 2. The Morgan fingerprint density at radius 2 is 1.73 bits per heavy atom. The summed E-state index contributed by atoms with van der Waals surface area (Å²) >= 11 is 0.683. The molecule has 2 N–H and O–H groups in total. The Morgan fingerprint density at radius 3 is 2.43 bits per heavy atom. The summed E-state index contributed by atoms with van der Waals surface area (Å²) in [5, 5.41) is 10.2. The molecule has 0 atom stereocenters. The number of alkyl halides is 3. The summed E-state index contributed by atoms with van der Waals surface area (Å²) in [5.74, 6) is -1.31. The largest absolute Gasteiger partial charge is 0.398 e. The first-order chi connectivity index (χ1) is 14.2. The van der Waals surface area contributed by atoms with Gasteiger partial charge in [0.25, 0.3) is 0 Å². The molecular weight excluding hydrogens is 413 g/mol. The molecule has 158 valence electrons. The van der Waals surface area contributed by atoms with Crippen LogP contribution < -0.4 is 10.6 Å². The van der Waals surface area contributed by atoms with Gasteiger partial charge in [0.15, 0.2) is 0 Å². The number of carbonyl (C=O) groups is 1. The van der Waals surface area contributed by atoms with E-state index in [1.54, 1.807) is 35.9 Å². The SMILES string of the molecule is Cc1nn(-c2ccccc2)c(C)c1NC(=O)CNc1ccccc1SCC(F)(F)F. The molecule has 0 fully saturated rings. The Kier molecular flexibility index (Phi) is 6.71. The normalized spacial score (nSPS) is 11.4. The smallest absolute Gasteiger partial charge is 0.375 e. The molecular formula is C21H21F3N4OS. The predicted octanol–water partition coefficient (Wildman–Crippen LogP) is 5.19. The van der Waals surface area contributed by atoms with E-state index in [9.17, 15) is 18.0 Å². The van der Waals surface area contributed by atoms with Crippen LogP contribution in [0.15, 0.2) is 59.5 Å². The summed E-state index contributed by atoms with van der Waals surface area (Å²) in [6, 6.07) is 16.2. The Morgan fingerprint density at radius 1 is 1.07 bits per heavy atom. The maximum absolute atomic E-state index is 12.5. The summed E-state index contributed by atoms with van der Waals surface area (Å²) in [5.41, 5.74) is 3.44. The van der Waals surface area contributed by atoms with Gasteiger partial charge < -0.3 is 10.6 Å². The van der Waals surface area contributed by atoms with Crippen LogP contribution in [0.25, 0.3) is 5.69 Å². The maximum atomic E-state index is 12.5. The van der Waals surface area contributed by atoms with Gasteiger partial charge in [-0.1, -0.05) is 30.3 Å². The van der Waals surface area contributed by atoms with Crippen LogP contribution in [0, 0.1) is 13.8 Å². The Labute approximate surface area is 176 Å². The van der Waals surface area contributed by atoms with Gasteiger partial charge in [-0.05, 0) is 38.1 Å². The fraction of sp³-hybridized carbons (Fsp3) is 0.238. The number of amides is 1. The maximum Gasteiger partial charge on any atom is 0.398 e. The van der Waals surface area contributed by atoms with E-state index < -0.39 is 11.9 Å². The van der Waals surface area contributed by atoms with E-state index in [0.29, 0.717) is 33.7 Å². The highest BCUT2D eigenvalue weighted by Gasteiger charge is 2.27. The zero-order valence-corrected chi connectivity index (χ0v) is 17.3. The number of aromatic nitrogens is 2. The summed E-state index contributed by atoms with van der Waals surface area (Å²) < 4.78 is 39.3. The van der Waals surface area contributed by atoms with E-state index in [-0.39, 0.29) is 12.5 Å². The average molecular weight is 434 g/mol. The third-order valence-electron chi connectivity index (χ3n) is 4.27. The number of anilines is 2. The van der Waals surface area contributed by atoms with Crippen LogP contribution in [-0.2, 0) is 4.79 Å². The zero-order chi connectivity index (χ0) is 21.7. The molecule has 9 heteroatoms. The van der Waals surface area contributed by atoms with Gasteiger partial charge in [0.05, 0.1) is 35.1 Å². The standard InChI is InChI=1S/C21H21F3N4OS/c1-14-20(15(2)28(27-14)16-8-4-3-5-9-16)26-19(29)12-25-17-10-6-7-11-18(17)30-13-21(22,23)24/h3-11,25H,12-13H2,1-2H3,(H,26,29). The lowest BCUT2D eigenvalue weighted by Gasteiger charge is -2.13. The zero-order valence-electron chi connectivity index (χ0n) is 16.5. The third kappa shape index (κ3) is 5.56. The minimum atomic E-state index is -4.26. The van der Waals surface area contributed by atoms with Gasteiger partial charge in [-0.15, -0.1) is 11.8 Å². The molecule has 0 saturated heterocycles. The predicted molar refractivity (Wildman–Crippen MR) is 113 cm³/mol. The van der Waals surface area contributed by atoms with Crippen LogP contribution in [0.3, 0.4) is 0 Å². The summed E-state index contributed by atoms with van der Waals surface area (Å²) in [6.07, 6.45) is -4.26. The van der Waals surface area contributed by atoms with Crippen LogP contribution in [0.5, 0.6) is 0 Å². The van der Waals surface area contributed by atoms with Crippen molar-refractivity contribution < 1.29 is 18.0 Å². The van der Waals surface area contributed by atoms with Gasteiger partial charge in [0, 0.05) is 10.6 Å². The number of carbonyl (C=O) groups excluding carboxylic acids is 1. The molecule has 1 heterocycles. The topological polar surface area (TPSA) is 59.0 Å². The summed E-state index contributed by atoms with van der Waals surface area (Å²) in [6.45, 7) is 3.58. The number of rotatable bonds is 7. The van der Waals surface area contributed by atoms with Crippen molar-refractivity contribution in [3.63, 3.8) is 0 Å². The third-order valence-corrected chi connectivity index (χ3v) is 5.41. The summed E-state index contributed by atoms with van der Waals surface area (Å²) in [7, 11) is 0. The number of hydrogen-bond acceptors (Lipinski definition) is 4. The van der Waals surface area contributed by atoms with Crippen LogP contribution in [0.2, 0.25) is 0 Å². The molecule has 0 radical (unpaired) electrons. The highest BCUT2D eigenvalue weighted by Crippen LogP contribution is 2.32. The van der Waals surface area contributed by atoms with E-state index in [1.165, 1.54) is 0 Å². The first kappa shape index (κ1) is 21.8. The van der Waals surface area contributed by atoms with Crippen molar-refractivity contribution in [2.45, 2.75) is 24.9 Å². The Bertz CT molecular complexity index is 1020. The first-order valence-electron chi connectivity index (χ1n) is 9.18. The summed E-state index contributed by atoms with van der Waals surface area (Å²) in [4.78, 5) is 12.9. The molecule has 0 spiro atoms. The first-order valence-corrected chi connectivity index (χ1v) is 10.2. The van der Waals surface area contributed by atoms with Gasteiger partial charge in [0.2, 0.25) is 5.91 Å². The number of benzene rings is 2. The van der Waals surface area contributed by atoms with Crippen molar-refractivity contribution in [1.29, 1.82) is 0 Å². The Hall–Kier alpha value is -2.94. The van der Waals surface area contributed by atoms with Crippen LogP contribution >= 0.6 is 11.8 Å². The van der Waals surface area contributed by atoms with Crippen molar-refractivity contribution in [3.05, 3.63) is 66.0 Å². The lowest BCUT2D eigenvalue weighted by molar-refractivity contribution is -0.114. The van der Waals surface area contributed by atoms with Crippen LogP contribution in [-0.4, -0.2) is 34.2 Å². The number of nitrogens with one attached hydrogen (secondary N) is 2. The average Bonchev–Trinajstić information content (AvgIpc) is 2.99. The van der Waals surface area contributed by atoms with Gasteiger partial charge in [-0.3, -0.25) is 4.79 Å². The number of halogens is 3. The number of thioether (sulfide) groups is 1. The number of nitrogens with zero attached hydrogens (tertiary/aromatic N) is 2. The highest BCUT2D eigenvalue weighted by atomic mass is 32.2. The monoisotopic (exact) mass is 434 g/mol. The molecule has 0 aliphatic rings. The van der Waals surface area contributed by atoms with E-state index in [1.807, 2.05) is 37.3 Å². The Balaban J connectivity index is 1.66. The highest BCUT2D eigenvalue weighted by molar-refractivity contribution is 7.99. The minimum Gasteiger partial charge on any atom is -0.375 e. The van der Waals surface area contributed by atoms with Crippen LogP contribution in [0.4, 0.5) is 24.5 Å². The van der Waals surface area contributed by atoms with Crippen molar-refractivity contribution in [3.8, 4) is 5.69 Å². The molecule has 3 rings (SSSR count). The van der Waals surface area contributed by atoms with Crippen LogP contribution in [0.1, 0.15) is 11.4 Å². The lowest BCUT2D eigenvalue weighted by atomic mass is 10.3. The molecule has 0 aliphatic heterocycles. The molecule has 0 unspecified atom stereocenters. The lowest BCUT2D eigenvalue weighted by Crippen LogP contribution is -2.22. The molecule has 1 amide bonds. The van der Waals surface area contributed by atoms with E-state index in [2.05, 4.69) is 15.7 Å². The fourth-order valence-electron chi connectivity index (χ4n) is 2.90. The van der Waals surface area contributed by atoms with Crippen molar-refractivity contribution in [2.24, 2.45) is 0 Å². The molecule has 1 aromatic heterocycles. The van der Waals surface area contributed by atoms with Gasteiger partial charge in [-0.2, -0.15) is 18.3 Å². The second-order valence-corrected chi connectivity index (χ2v) is 7.61. The van der Waals surface area contributed by atoms with Crippen molar-refractivity contribution >= 4 is 29.0 Å². The number of aryl methyl sites for hydroxylation is 1. The van der Waals surface area contributed by atoms with E-state index >= 15 is 0 Å². The van der Waals surface area contributed by atoms with E-state index in [0.717, 1.165) is 11.4 Å².